The second-order valence-electron chi connectivity index (χ2n) is 5.04. The number of thioether (sulfide) groups is 1. The van der Waals surface area contributed by atoms with Crippen LogP contribution in [0.3, 0.4) is 0 Å². The maximum Gasteiger partial charge on any atom is 0.158 e. The molecule has 0 spiro atoms. The molecule has 1 aromatic rings. The first-order chi connectivity index (χ1) is 8.65. The lowest BCUT2D eigenvalue weighted by atomic mass is 9.92. The minimum atomic E-state index is 0.335. The summed E-state index contributed by atoms with van der Waals surface area (Å²) < 4.78 is 0. The summed E-state index contributed by atoms with van der Waals surface area (Å²) in [5.74, 6) is 0.335. The summed E-state index contributed by atoms with van der Waals surface area (Å²) in [6, 6.07) is 8.51. The van der Waals surface area contributed by atoms with Crippen LogP contribution in [0.1, 0.15) is 45.1 Å². The highest BCUT2D eigenvalue weighted by atomic mass is 32.2. The fourth-order valence-corrected chi connectivity index (χ4v) is 3.01. The molecule has 0 atom stereocenters. The zero-order valence-corrected chi connectivity index (χ0v) is 11.9. The molecule has 18 heavy (non-hydrogen) atoms. The van der Waals surface area contributed by atoms with E-state index in [-0.39, 0.29) is 0 Å². The summed E-state index contributed by atoms with van der Waals surface area (Å²) in [7, 11) is 0. The predicted molar refractivity (Wildman–Crippen MR) is 78.9 cm³/mol. The van der Waals surface area contributed by atoms with E-state index in [1.54, 1.807) is 0 Å². The lowest BCUT2D eigenvalue weighted by Crippen LogP contribution is -2.07. The number of allylic oxidation sites excluding steroid dienone is 1. The van der Waals surface area contributed by atoms with Gasteiger partial charge in [0.2, 0.25) is 0 Å². The first kappa shape index (κ1) is 13.4. The lowest BCUT2D eigenvalue weighted by Gasteiger charge is -2.12. The Morgan fingerprint density at radius 3 is 2.39 bits per heavy atom. The van der Waals surface area contributed by atoms with Gasteiger partial charge in [0.15, 0.2) is 5.78 Å². The van der Waals surface area contributed by atoms with E-state index in [0.717, 1.165) is 36.8 Å². The largest absolute Gasteiger partial charge is 0.295 e. The number of carbonyl (C=O) groups is 1. The molecular formula is C16H20OS. The molecule has 2 rings (SSSR count). The molecule has 2 heteroatoms. The molecule has 1 fully saturated rings. The van der Waals surface area contributed by atoms with Crippen LogP contribution in [0.2, 0.25) is 0 Å². The minimum absolute atomic E-state index is 0.335. The quantitative estimate of drug-likeness (QED) is 0.578. The second kappa shape index (κ2) is 6.24. The van der Waals surface area contributed by atoms with Crippen LogP contribution >= 0.6 is 11.8 Å². The molecule has 1 nitrogen and oxygen atoms in total. The average molecular weight is 260 g/mol. The zero-order valence-electron chi connectivity index (χ0n) is 11.1. The van der Waals surface area contributed by atoms with E-state index in [4.69, 9.17) is 0 Å². The maximum atomic E-state index is 11.7. The first-order valence-electron chi connectivity index (χ1n) is 6.65. The summed E-state index contributed by atoms with van der Waals surface area (Å²) in [5, 5.41) is 0.606. The Kier molecular flexibility index (Phi) is 4.65. The molecule has 0 N–H and O–H groups in total. The van der Waals surface area contributed by atoms with Crippen molar-refractivity contribution in [3.8, 4) is 0 Å². The highest BCUT2D eigenvalue weighted by Gasteiger charge is 2.14. The van der Waals surface area contributed by atoms with Crippen LogP contribution in [-0.4, -0.2) is 11.0 Å². The number of hydrogen-bond donors (Lipinski definition) is 0. The van der Waals surface area contributed by atoms with E-state index >= 15 is 0 Å². The molecule has 1 aliphatic rings. The molecule has 0 unspecified atom stereocenters. The van der Waals surface area contributed by atoms with E-state index in [1.807, 2.05) is 11.8 Å². The van der Waals surface area contributed by atoms with Gasteiger partial charge in [-0.2, -0.15) is 0 Å². The van der Waals surface area contributed by atoms with Gasteiger partial charge in [0.25, 0.3) is 0 Å². The Morgan fingerprint density at radius 2 is 1.78 bits per heavy atom. The molecule has 0 aliphatic heterocycles. The van der Waals surface area contributed by atoms with E-state index in [2.05, 4.69) is 44.2 Å². The number of hydrogen-bond acceptors (Lipinski definition) is 2. The molecular weight excluding hydrogens is 240 g/mol. The van der Waals surface area contributed by atoms with E-state index in [1.165, 1.54) is 4.90 Å². The predicted octanol–water partition coefficient (Wildman–Crippen LogP) is 4.71. The van der Waals surface area contributed by atoms with Crippen molar-refractivity contribution in [2.75, 3.05) is 0 Å². The van der Waals surface area contributed by atoms with Crippen molar-refractivity contribution in [3.05, 3.63) is 35.4 Å². The number of Topliss-reactive ketones (excluding diaryl/α,β-unsaturated/α-hetero) is 1. The standard InChI is InChI=1S/C16H20OS/c1-12(2)18-15-9-7-13(8-10-15)11-14-5-3-4-6-16(14)17/h7-12H,3-6H2,1-2H3. The van der Waals surface area contributed by atoms with Crippen LogP contribution in [-0.2, 0) is 4.79 Å². The van der Waals surface area contributed by atoms with Gasteiger partial charge in [0, 0.05) is 16.6 Å². The van der Waals surface area contributed by atoms with Crippen LogP contribution in [0.25, 0.3) is 6.08 Å². The van der Waals surface area contributed by atoms with E-state index in [0.29, 0.717) is 11.0 Å². The van der Waals surface area contributed by atoms with Crippen molar-refractivity contribution in [3.63, 3.8) is 0 Å². The van der Waals surface area contributed by atoms with Crippen molar-refractivity contribution in [1.82, 2.24) is 0 Å². The summed E-state index contributed by atoms with van der Waals surface area (Å²) in [5.41, 5.74) is 2.15. The van der Waals surface area contributed by atoms with Crippen LogP contribution in [0.4, 0.5) is 0 Å². The zero-order chi connectivity index (χ0) is 13.0. The summed E-state index contributed by atoms with van der Waals surface area (Å²) in [4.78, 5) is 13.0. The molecule has 0 bridgehead atoms. The Hall–Kier alpha value is -1.02. The summed E-state index contributed by atoms with van der Waals surface area (Å²) in [6.45, 7) is 4.39. The molecule has 0 heterocycles. The van der Waals surface area contributed by atoms with Gasteiger partial charge >= 0.3 is 0 Å². The molecule has 1 aliphatic carbocycles. The van der Waals surface area contributed by atoms with Crippen LogP contribution in [0, 0.1) is 0 Å². The molecule has 0 radical (unpaired) electrons. The molecule has 0 amide bonds. The highest BCUT2D eigenvalue weighted by Crippen LogP contribution is 2.25. The Labute approximate surface area is 114 Å². The van der Waals surface area contributed by atoms with Crippen molar-refractivity contribution < 1.29 is 4.79 Å². The van der Waals surface area contributed by atoms with Gasteiger partial charge in [-0.15, -0.1) is 11.8 Å². The Morgan fingerprint density at radius 1 is 1.11 bits per heavy atom. The first-order valence-corrected chi connectivity index (χ1v) is 7.53. The molecule has 0 saturated heterocycles. The van der Waals surface area contributed by atoms with Crippen molar-refractivity contribution in [2.45, 2.75) is 49.7 Å². The van der Waals surface area contributed by atoms with Crippen molar-refractivity contribution in [1.29, 1.82) is 0 Å². The smallest absolute Gasteiger partial charge is 0.158 e. The third-order valence-corrected chi connectivity index (χ3v) is 4.07. The number of carbonyl (C=O) groups excluding carboxylic acids is 1. The third-order valence-electron chi connectivity index (χ3n) is 3.05. The van der Waals surface area contributed by atoms with Crippen LogP contribution in [0.15, 0.2) is 34.7 Å². The summed E-state index contributed by atoms with van der Waals surface area (Å²) in [6.07, 6.45) is 5.94. The van der Waals surface area contributed by atoms with Gasteiger partial charge < -0.3 is 0 Å². The van der Waals surface area contributed by atoms with Gasteiger partial charge in [-0.3, -0.25) is 4.79 Å². The van der Waals surface area contributed by atoms with Gasteiger partial charge in [-0.25, -0.2) is 0 Å². The number of rotatable bonds is 3. The van der Waals surface area contributed by atoms with Gasteiger partial charge in [-0.05, 0) is 48.6 Å². The Balaban J connectivity index is 2.09. The van der Waals surface area contributed by atoms with E-state index < -0.39 is 0 Å². The number of ketones is 1. The van der Waals surface area contributed by atoms with Crippen molar-refractivity contribution >= 4 is 23.6 Å². The fourth-order valence-electron chi connectivity index (χ4n) is 2.17. The topological polar surface area (TPSA) is 17.1 Å². The Bertz CT molecular complexity index is 443. The normalized spacial score (nSPS) is 18.6. The van der Waals surface area contributed by atoms with Crippen molar-refractivity contribution in [2.24, 2.45) is 0 Å². The van der Waals surface area contributed by atoms with Crippen LogP contribution in [0.5, 0.6) is 0 Å². The third kappa shape index (κ3) is 3.74. The monoisotopic (exact) mass is 260 g/mol. The molecule has 0 aromatic heterocycles. The van der Waals surface area contributed by atoms with Crippen LogP contribution < -0.4 is 0 Å². The molecule has 1 saturated carbocycles. The van der Waals surface area contributed by atoms with Gasteiger partial charge in [0.1, 0.15) is 0 Å². The average Bonchev–Trinajstić information content (AvgIpc) is 2.34. The molecule has 96 valence electrons. The van der Waals surface area contributed by atoms with Gasteiger partial charge in [-0.1, -0.05) is 26.0 Å². The minimum Gasteiger partial charge on any atom is -0.295 e. The summed E-state index contributed by atoms with van der Waals surface area (Å²) >= 11 is 1.87. The van der Waals surface area contributed by atoms with Gasteiger partial charge in [0.05, 0.1) is 0 Å². The number of benzene rings is 1. The lowest BCUT2D eigenvalue weighted by molar-refractivity contribution is -0.116. The maximum absolute atomic E-state index is 11.7. The SMILES string of the molecule is CC(C)Sc1ccc(C=C2CCCCC2=O)cc1. The van der Waals surface area contributed by atoms with E-state index in [9.17, 15) is 4.79 Å². The molecule has 1 aromatic carbocycles. The second-order valence-corrected chi connectivity index (χ2v) is 6.69. The highest BCUT2D eigenvalue weighted by molar-refractivity contribution is 7.99. The fraction of sp³-hybridized carbons (Fsp3) is 0.438.